The van der Waals surface area contributed by atoms with E-state index in [1.807, 2.05) is 19.2 Å². The summed E-state index contributed by atoms with van der Waals surface area (Å²) in [5.74, 6) is 0.375. The highest BCUT2D eigenvalue weighted by Crippen LogP contribution is 2.28. The van der Waals surface area contributed by atoms with Crippen molar-refractivity contribution in [3.63, 3.8) is 0 Å². The van der Waals surface area contributed by atoms with E-state index in [4.69, 9.17) is 18.0 Å². The van der Waals surface area contributed by atoms with Gasteiger partial charge in [0, 0.05) is 11.6 Å². The lowest BCUT2D eigenvalue weighted by molar-refractivity contribution is 0.434. The van der Waals surface area contributed by atoms with Crippen LogP contribution in [0.3, 0.4) is 0 Å². The summed E-state index contributed by atoms with van der Waals surface area (Å²) in [7, 11) is 0. The van der Waals surface area contributed by atoms with Gasteiger partial charge in [0.25, 0.3) is 0 Å². The van der Waals surface area contributed by atoms with Crippen LogP contribution in [0, 0.1) is 4.77 Å². The zero-order valence-corrected chi connectivity index (χ0v) is 10.0. The highest BCUT2D eigenvalue weighted by Gasteiger charge is 2.28. The minimum Gasteiger partial charge on any atom is -0.368 e. The van der Waals surface area contributed by atoms with Crippen molar-refractivity contribution in [1.29, 1.82) is 0 Å². The molecule has 2 aromatic rings. The number of nitrogens with zero attached hydrogens (tertiary/aromatic N) is 3. The predicted octanol–water partition coefficient (Wildman–Crippen LogP) is 1.76. The molecule has 0 radical (unpaired) electrons. The third-order valence-electron chi connectivity index (χ3n) is 2.21. The molecule has 2 heterocycles. The number of rotatable bonds is 2. The second kappa shape index (κ2) is 3.42. The van der Waals surface area contributed by atoms with Crippen molar-refractivity contribution < 1.29 is 0 Å². The average molecular weight is 241 g/mol. The Kier molecular flexibility index (Phi) is 2.35. The monoisotopic (exact) mass is 241 g/mol. The Morgan fingerprint density at radius 3 is 2.80 bits per heavy atom. The van der Waals surface area contributed by atoms with E-state index < -0.39 is 0 Å². The van der Waals surface area contributed by atoms with Crippen molar-refractivity contribution >= 4 is 29.5 Å². The highest BCUT2D eigenvalue weighted by atomic mass is 32.1. The minimum atomic E-state index is -0.373. The number of thiazole rings is 1. The van der Waals surface area contributed by atoms with Gasteiger partial charge in [0.05, 0.1) is 5.54 Å². The molecule has 0 amide bonds. The molecule has 0 aliphatic heterocycles. The van der Waals surface area contributed by atoms with Gasteiger partial charge in [-0.3, -0.25) is 4.57 Å². The molecule has 0 saturated carbocycles. The van der Waals surface area contributed by atoms with Crippen LogP contribution in [-0.4, -0.2) is 19.7 Å². The standard InChI is InChI=1S/C8H11N5S2/c1-8(2,5-10-3-4-15-5)13-6(9)11-12-7(13)14/h3-4H,1-2H3,(H2,9,11)(H,12,14). The molecule has 7 heteroatoms. The molecule has 2 aromatic heterocycles. The molecule has 0 atom stereocenters. The number of aromatic amines is 1. The first-order valence-electron chi connectivity index (χ1n) is 4.37. The second-order valence-electron chi connectivity index (χ2n) is 3.62. The molecule has 0 unspecified atom stereocenters. The molecule has 0 saturated heterocycles. The lowest BCUT2D eigenvalue weighted by Gasteiger charge is -2.24. The van der Waals surface area contributed by atoms with Crippen LogP contribution < -0.4 is 5.73 Å². The largest absolute Gasteiger partial charge is 0.368 e. The van der Waals surface area contributed by atoms with E-state index in [0.717, 1.165) is 5.01 Å². The number of anilines is 1. The molecule has 2 rings (SSSR count). The Hall–Kier alpha value is -1.21. The summed E-state index contributed by atoms with van der Waals surface area (Å²) in [6, 6.07) is 0. The van der Waals surface area contributed by atoms with E-state index in [1.54, 1.807) is 22.1 Å². The normalized spacial score (nSPS) is 11.9. The number of hydrogen-bond acceptors (Lipinski definition) is 5. The maximum atomic E-state index is 5.76. The molecule has 5 nitrogen and oxygen atoms in total. The van der Waals surface area contributed by atoms with Gasteiger partial charge in [-0.1, -0.05) is 0 Å². The molecule has 15 heavy (non-hydrogen) atoms. The number of nitrogens with two attached hydrogens (primary N) is 1. The Morgan fingerprint density at radius 2 is 2.33 bits per heavy atom. The van der Waals surface area contributed by atoms with Gasteiger partial charge >= 0.3 is 0 Å². The van der Waals surface area contributed by atoms with Crippen LogP contribution in [0.4, 0.5) is 5.95 Å². The van der Waals surface area contributed by atoms with E-state index >= 15 is 0 Å². The van der Waals surface area contributed by atoms with Crippen molar-refractivity contribution in [2.24, 2.45) is 0 Å². The lowest BCUT2D eigenvalue weighted by Crippen LogP contribution is -2.29. The van der Waals surface area contributed by atoms with E-state index in [2.05, 4.69) is 15.2 Å². The summed E-state index contributed by atoms with van der Waals surface area (Å²) < 4.78 is 2.27. The van der Waals surface area contributed by atoms with Crippen LogP contribution in [0.25, 0.3) is 0 Å². The van der Waals surface area contributed by atoms with E-state index in [1.165, 1.54) is 0 Å². The van der Waals surface area contributed by atoms with Crippen LogP contribution in [-0.2, 0) is 5.54 Å². The van der Waals surface area contributed by atoms with E-state index in [9.17, 15) is 0 Å². The first kappa shape index (κ1) is 10.3. The van der Waals surface area contributed by atoms with Crippen molar-refractivity contribution in [3.8, 4) is 0 Å². The average Bonchev–Trinajstić information content (AvgIpc) is 2.75. The van der Waals surface area contributed by atoms with Gasteiger partial charge < -0.3 is 5.73 Å². The predicted molar refractivity (Wildman–Crippen MR) is 62.4 cm³/mol. The Morgan fingerprint density at radius 1 is 1.60 bits per heavy atom. The third kappa shape index (κ3) is 1.57. The van der Waals surface area contributed by atoms with Gasteiger partial charge in [-0.25, -0.2) is 10.1 Å². The summed E-state index contributed by atoms with van der Waals surface area (Å²) in [4.78, 5) is 4.28. The van der Waals surface area contributed by atoms with Crippen LogP contribution in [0.1, 0.15) is 18.9 Å². The maximum Gasteiger partial charge on any atom is 0.221 e. The van der Waals surface area contributed by atoms with Gasteiger partial charge in [-0.05, 0) is 26.1 Å². The third-order valence-corrected chi connectivity index (χ3v) is 3.57. The minimum absolute atomic E-state index is 0.373. The molecular formula is C8H11N5S2. The number of nitrogens with one attached hydrogen (secondary N) is 1. The number of aromatic nitrogens is 4. The maximum absolute atomic E-state index is 5.76. The number of hydrogen-bond donors (Lipinski definition) is 2. The fourth-order valence-corrected chi connectivity index (χ4v) is 2.59. The summed E-state index contributed by atoms with van der Waals surface area (Å²) in [5.41, 5.74) is 5.39. The topological polar surface area (TPSA) is 72.5 Å². The molecule has 0 bridgehead atoms. The highest BCUT2D eigenvalue weighted by molar-refractivity contribution is 7.71. The summed E-state index contributed by atoms with van der Waals surface area (Å²) in [6.45, 7) is 4.01. The van der Waals surface area contributed by atoms with Gasteiger partial charge in [0.15, 0.2) is 4.77 Å². The molecule has 0 fully saturated rings. The van der Waals surface area contributed by atoms with Crippen molar-refractivity contribution in [3.05, 3.63) is 21.4 Å². The number of H-pyrrole nitrogens is 1. The van der Waals surface area contributed by atoms with Crippen LogP contribution >= 0.6 is 23.6 Å². The summed E-state index contributed by atoms with van der Waals surface area (Å²) in [5, 5.41) is 9.44. The second-order valence-corrected chi connectivity index (χ2v) is 4.90. The van der Waals surface area contributed by atoms with Crippen LogP contribution in [0.2, 0.25) is 0 Å². The Bertz CT molecular complexity index is 507. The van der Waals surface area contributed by atoms with Gasteiger partial charge in [0.2, 0.25) is 5.95 Å². The van der Waals surface area contributed by atoms with E-state index in [-0.39, 0.29) is 5.54 Å². The molecular weight excluding hydrogens is 230 g/mol. The molecule has 80 valence electrons. The Balaban J connectivity index is 2.60. The van der Waals surface area contributed by atoms with Gasteiger partial charge in [-0.2, -0.15) is 0 Å². The molecule has 0 aromatic carbocycles. The Labute approximate surface area is 96.0 Å². The SMILES string of the molecule is CC(C)(c1nccs1)n1c(N)n[nH]c1=S. The van der Waals surface area contributed by atoms with Crippen molar-refractivity contribution in [2.75, 3.05) is 5.73 Å². The lowest BCUT2D eigenvalue weighted by atomic mass is 10.1. The number of nitrogen functional groups attached to an aromatic ring is 1. The van der Waals surface area contributed by atoms with Gasteiger partial charge in [-0.15, -0.1) is 16.4 Å². The molecule has 3 N–H and O–H groups in total. The smallest absolute Gasteiger partial charge is 0.221 e. The zero-order chi connectivity index (χ0) is 11.1. The molecule has 0 spiro atoms. The molecule has 0 aliphatic rings. The summed E-state index contributed by atoms with van der Waals surface area (Å²) >= 11 is 6.71. The van der Waals surface area contributed by atoms with E-state index in [0.29, 0.717) is 10.7 Å². The first-order valence-corrected chi connectivity index (χ1v) is 5.65. The van der Waals surface area contributed by atoms with Crippen molar-refractivity contribution in [1.82, 2.24) is 19.7 Å². The van der Waals surface area contributed by atoms with Crippen LogP contribution in [0.15, 0.2) is 11.6 Å². The fourth-order valence-electron chi connectivity index (χ4n) is 1.47. The quantitative estimate of drug-likeness (QED) is 0.786. The zero-order valence-electron chi connectivity index (χ0n) is 8.39. The van der Waals surface area contributed by atoms with Crippen molar-refractivity contribution in [2.45, 2.75) is 19.4 Å². The van der Waals surface area contributed by atoms with Crippen LogP contribution in [0.5, 0.6) is 0 Å². The van der Waals surface area contributed by atoms with Gasteiger partial charge in [0.1, 0.15) is 5.01 Å². The summed E-state index contributed by atoms with van der Waals surface area (Å²) in [6.07, 6.45) is 1.77. The first-order chi connectivity index (χ1) is 7.03. The molecule has 0 aliphatic carbocycles. The fraction of sp³-hybridized carbons (Fsp3) is 0.375.